The summed E-state index contributed by atoms with van der Waals surface area (Å²) in [6.45, 7) is 3.03. The van der Waals surface area contributed by atoms with Crippen molar-refractivity contribution in [2.45, 2.75) is 50.5 Å². The van der Waals surface area contributed by atoms with Crippen LogP contribution < -0.4 is 0 Å². The Balaban J connectivity index is 0.000000260. The quantitative estimate of drug-likeness (QED) is 0.825. The van der Waals surface area contributed by atoms with Crippen LogP contribution in [-0.2, 0) is 21.0 Å². The van der Waals surface area contributed by atoms with Crippen LogP contribution in [0.15, 0.2) is 12.3 Å². The predicted molar refractivity (Wildman–Crippen MR) is 85.3 cm³/mol. The second kappa shape index (κ2) is 7.85. The van der Waals surface area contributed by atoms with Crippen molar-refractivity contribution in [1.29, 1.82) is 0 Å². The molecule has 1 aromatic heterocycles. The van der Waals surface area contributed by atoms with Crippen LogP contribution in [0.5, 0.6) is 0 Å². The third-order valence-electron chi connectivity index (χ3n) is 4.94. The number of carbonyl (C=O) groups is 2. The molecule has 150 valence electrons. The van der Waals surface area contributed by atoms with E-state index in [0.717, 1.165) is 25.2 Å². The Morgan fingerprint density at radius 2 is 1.96 bits per heavy atom. The summed E-state index contributed by atoms with van der Waals surface area (Å²) < 4.78 is 33.6. The Bertz CT molecular complexity index is 683. The average molecular weight is 390 g/mol. The minimum Gasteiger partial charge on any atom is -0.475 e. The molecule has 0 radical (unpaired) electrons. The fourth-order valence-corrected chi connectivity index (χ4v) is 3.32. The molecule has 0 spiro atoms. The van der Waals surface area contributed by atoms with Crippen LogP contribution in [0.2, 0.25) is 0 Å². The molecule has 3 heterocycles. The topological polar surface area (TPSA) is 87.9 Å². The van der Waals surface area contributed by atoms with Gasteiger partial charge in [-0.25, -0.2) is 9.86 Å². The Hall–Kier alpha value is -2.14. The minimum atomic E-state index is -5.08. The van der Waals surface area contributed by atoms with E-state index in [-0.39, 0.29) is 11.9 Å². The molecule has 2 fully saturated rings. The molecule has 2 aliphatic heterocycles. The first-order valence-corrected chi connectivity index (χ1v) is 8.78. The number of halogens is 3. The van der Waals surface area contributed by atoms with Gasteiger partial charge in [-0.1, -0.05) is 6.42 Å². The van der Waals surface area contributed by atoms with E-state index in [1.165, 1.54) is 24.3 Å². The van der Waals surface area contributed by atoms with Gasteiger partial charge in [0.25, 0.3) is 5.91 Å². The van der Waals surface area contributed by atoms with Crippen molar-refractivity contribution in [3.05, 3.63) is 18.0 Å². The highest BCUT2D eigenvalue weighted by molar-refractivity contribution is 5.80. The van der Waals surface area contributed by atoms with Gasteiger partial charge in [-0.05, 0) is 25.3 Å². The van der Waals surface area contributed by atoms with Gasteiger partial charge in [0.15, 0.2) is 0 Å². The third-order valence-corrected chi connectivity index (χ3v) is 4.94. The molecule has 27 heavy (non-hydrogen) atoms. The summed E-state index contributed by atoms with van der Waals surface area (Å²) in [6, 6.07) is 2.44. The number of rotatable bonds is 2. The Labute approximate surface area is 153 Å². The highest BCUT2D eigenvalue weighted by Gasteiger charge is 2.39. The molecule has 1 aliphatic carbocycles. The molecule has 1 unspecified atom stereocenters. The van der Waals surface area contributed by atoms with Crippen molar-refractivity contribution < 1.29 is 32.7 Å². The monoisotopic (exact) mass is 390 g/mol. The summed E-state index contributed by atoms with van der Waals surface area (Å²) in [4.78, 5) is 29.4. The first-order chi connectivity index (χ1) is 12.8. The van der Waals surface area contributed by atoms with Crippen LogP contribution >= 0.6 is 0 Å². The van der Waals surface area contributed by atoms with E-state index in [1.807, 2.05) is 10.7 Å². The largest absolute Gasteiger partial charge is 0.490 e. The van der Waals surface area contributed by atoms with Gasteiger partial charge in [0, 0.05) is 25.3 Å². The molecule has 3 aliphatic rings. The van der Waals surface area contributed by atoms with Crippen molar-refractivity contribution in [2.75, 3.05) is 19.7 Å². The zero-order valence-electron chi connectivity index (χ0n) is 14.6. The van der Waals surface area contributed by atoms with E-state index >= 15 is 0 Å². The number of aliphatic carboxylic acids is 1. The van der Waals surface area contributed by atoms with Crippen LogP contribution in [0, 0.1) is 0 Å². The molecule has 1 amide bonds. The fourth-order valence-electron chi connectivity index (χ4n) is 3.32. The van der Waals surface area contributed by atoms with Crippen molar-refractivity contribution >= 4 is 11.9 Å². The maximum Gasteiger partial charge on any atom is 0.490 e. The summed E-state index contributed by atoms with van der Waals surface area (Å²) in [5.41, 5.74) is 1.14. The fraction of sp³-hybridized carbons (Fsp3) is 0.688. The summed E-state index contributed by atoms with van der Waals surface area (Å²) in [5.74, 6) is -2.70. The van der Waals surface area contributed by atoms with Gasteiger partial charge in [-0.15, -0.1) is 0 Å². The van der Waals surface area contributed by atoms with Crippen LogP contribution in [0.1, 0.15) is 37.4 Å². The van der Waals surface area contributed by atoms with E-state index < -0.39 is 12.1 Å². The average Bonchev–Trinajstić information content (AvgIpc) is 3.23. The van der Waals surface area contributed by atoms with Gasteiger partial charge in [0.2, 0.25) is 0 Å². The van der Waals surface area contributed by atoms with Gasteiger partial charge in [-0.2, -0.15) is 18.3 Å². The smallest absolute Gasteiger partial charge is 0.475 e. The van der Waals surface area contributed by atoms with Crippen LogP contribution in [0.4, 0.5) is 13.2 Å². The van der Waals surface area contributed by atoms with Crippen LogP contribution in [-0.4, -0.2) is 68.6 Å². The van der Waals surface area contributed by atoms with Crippen molar-refractivity contribution in [1.82, 2.24) is 19.7 Å². The van der Waals surface area contributed by atoms with E-state index in [2.05, 4.69) is 10.00 Å². The minimum absolute atomic E-state index is 0.0523. The van der Waals surface area contributed by atoms with Crippen LogP contribution in [0.3, 0.4) is 0 Å². The molecule has 11 heteroatoms. The standard InChI is InChI=1S/C14H20N4O2.C2HF3O2/c19-14(17-7-2-8-20-17)13-10-16(11-3-1-4-11)9-12-5-6-15-18(12)13;3-2(4,5)1(6)7/h5-6,11,13H,1-4,7-10H2;(H,6,7). The molecular formula is C16H21F3N4O4. The maximum absolute atomic E-state index is 12.6. The number of carboxylic acids is 1. The molecule has 1 aromatic rings. The molecule has 0 aromatic carbocycles. The molecule has 4 rings (SSSR count). The van der Waals surface area contributed by atoms with Gasteiger partial charge in [0.1, 0.15) is 6.04 Å². The lowest BCUT2D eigenvalue weighted by Gasteiger charge is -2.42. The molecule has 1 saturated carbocycles. The molecule has 1 N–H and O–H groups in total. The number of hydroxylamine groups is 2. The van der Waals surface area contributed by atoms with E-state index in [4.69, 9.17) is 14.7 Å². The Kier molecular flexibility index (Phi) is 5.70. The molecular weight excluding hydrogens is 369 g/mol. The number of carbonyl (C=O) groups excluding carboxylic acids is 1. The van der Waals surface area contributed by atoms with Gasteiger partial charge in [0.05, 0.1) is 18.8 Å². The Morgan fingerprint density at radius 1 is 1.26 bits per heavy atom. The number of aromatic nitrogens is 2. The molecule has 0 bridgehead atoms. The number of nitrogens with zero attached hydrogens (tertiary/aromatic N) is 4. The van der Waals surface area contributed by atoms with Crippen LogP contribution in [0.25, 0.3) is 0 Å². The lowest BCUT2D eigenvalue weighted by molar-refractivity contribution is -0.192. The zero-order chi connectivity index (χ0) is 19.6. The first-order valence-electron chi connectivity index (χ1n) is 8.78. The first kappa shape index (κ1) is 19.6. The lowest BCUT2D eigenvalue weighted by Crippen LogP contribution is -2.50. The number of hydrogen-bond acceptors (Lipinski definition) is 5. The second-order valence-electron chi connectivity index (χ2n) is 6.73. The SMILES string of the molecule is O=C(C1CN(C2CCC2)Cc2ccnn21)N1CCCO1.O=C(O)C(F)(F)F. The van der Waals surface area contributed by atoms with E-state index in [1.54, 1.807) is 6.20 Å². The number of amides is 1. The van der Waals surface area contributed by atoms with Crippen molar-refractivity contribution in [2.24, 2.45) is 0 Å². The summed E-state index contributed by atoms with van der Waals surface area (Å²) in [5, 5.41) is 13.0. The summed E-state index contributed by atoms with van der Waals surface area (Å²) in [6.07, 6.45) is 1.47. The third kappa shape index (κ3) is 4.41. The zero-order valence-corrected chi connectivity index (χ0v) is 14.6. The Morgan fingerprint density at radius 3 is 2.48 bits per heavy atom. The normalized spacial score (nSPS) is 23.2. The number of fused-ring (bicyclic) bond motifs is 1. The highest BCUT2D eigenvalue weighted by atomic mass is 19.4. The second-order valence-corrected chi connectivity index (χ2v) is 6.73. The maximum atomic E-state index is 12.6. The van der Waals surface area contributed by atoms with Gasteiger partial charge < -0.3 is 5.11 Å². The molecule has 8 nitrogen and oxygen atoms in total. The predicted octanol–water partition coefficient (Wildman–Crippen LogP) is 1.59. The number of hydrogen-bond donors (Lipinski definition) is 1. The van der Waals surface area contributed by atoms with E-state index in [9.17, 15) is 18.0 Å². The lowest BCUT2D eigenvalue weighted by atomic mass is 9.90. The van der Waals surface area contributed by atoms with E-state index in [0.29, 0.717) is 19.2 Å². The van der Waals surface area contributed by atoms with Crippen molar-refractivity contribution in [3.8, 4) is 0 Å². The summed E-state index contributed by atoms with van der Waals surface area (Å²) in [7, 11) is 0. The molecule has 1 atom stereocenters. The molecule has 1 saturated heterocycles. The number of alkyl halides is 3. The van der Waals surface area contributed by atoms with Crippen molar-refractivity contribution in [3.63, 3.8) is 0 Å². The summed E-state index contributed by atoms with van der Waals surface area (Å²) >= 11 is 0. The van der Waals surface area contributed by atoms with Gasteiger partial charge >= 0.3 is 12.1 Å². The van der Waals surface area contributed by atoms with Gasteiger partial charge in [-0.3, -0.25) is 19.2 Å². The highest BCUT2D eigenvalue weighted by Crippen LogP contribution is 2.31. The number of carboxylic acid groups (broad SMARTS) is 1.